The van der Waals surface area contributed by atoms with E-state index in [0.717, 1.165) is 23.7 Å². The number of amides is 2. The number of carbonyl (C=O) groups excluding carboxylic acids is 1. The molecule has 0 radical (unpaired) electrons. The largest absolute Gasteiger partial charge is 0.335 e. The van der Waals surface area contributed by atoms with Gasteiger partial charge in [-0.3, -0.25) is 10.4 Å². The van der Waals surface area contributed by atoms with E-state index in [4.69, 9.17) is 0 Å². The molecular weight excluding hydrogens is 216 g/mol. The lowest BCUT2D eigenvalue weighted by molar-refractivity contribution is 0.240. The van der Waals surface area contributed by atoms with Gasteiger partial charge in [-0.15, -0.1) is 0 Å². The predicted octanol–water partition coefficient (Wildman–Crippen LogP) is 2.24. The lowest BCUT2D eigenvalue weighted by Gasteiger charge is -2.26. The molecule has 3 rings (SSSR count). The average Bonchev–Trinajstić information content (AvgIpc) is 2.68. The molecule has 2 amide bonds. The molecule has 5 nitrogen and oxygen atoms in total. The molecule has 0 unspecified atom stereocenters. The number of hydrogen-bond acceptors (Lipinski definition) is 2. The van der Waals surface area contributed by atoms with Gasteiger partial charge in [-0.05, 0) is 31.4 Å². The molecule has 0 saturated heterocycles. The number of urea groups is 1. The highest BCUT2D eigenvalue weighted by Crippen LogP contribution is 2.20. The predicted molar refractivity (Wildman–Crippen MR) is 65.9 cm³/mol. The van der Waals surface area contributed by atoms with Gasteiger partial charge in [0.1, 0.15) is 0 Å². The first-order valence-electron chi connectivity index (χ1n) is 5.83. The van der Waals surface area contributed by atoms with Gasteiger partial charge >= 0.3 is 6.03 Å². The fourth-order valence-corrected chi connectivity index (χ4v) is 1.94. The van der Waals surface area contributed by atoms with Crippen LogP contribution in [0.4, 0.5) is 10.6 Å². The van der Waals surface area contributed by atoms with Crippen LogP contribution in [0.3, 0.4) is 0 Å². The van der Waals surface area contributed by atoms with Crippen molar-refractivity contribution in [3.8, 4) is 0 Å². The van der Waals surface area contributed by atoms with Crippen LogP contribution in [-0.4, -0.2) is 22.3 Å². The number of nitrogens with one attached hydrogen (secondary N) is 3. The number of carbonyl (C=O) groups is 1. The van der Waals surface area contributed by atoms with Crippen molar-refractivity contribution in [2.24, 2.45) is 0 Å². The molecule has 1 fully saturated rings. The van der Waals surface area contributed by atoms with Crippen molar-refractivity contribution in [3.63, 3.8) is 0 Å². The first-order valence-corrected chi connectivity index (χ1v) is 5.83. The molecule has 1 aliphatic carbocycles. The van der Waals surface area contributed by atoms with Crippen molar-refractivity contribution >= 4 is 22.8 Å². The Labute approximate surface area is 98.6 Å². The lowest BCUT2D eigenvalue weighted by Crippen LogP contribution is -2.41. The number of aromatic nitrogens is 2. The summed E-state index contributed by atoms with van der Waals surface area (Å²) in [4.78, 5) is 11.7. The topological polar surface area (TPSA) is 69.8 Å². The van der Waals surface area contributed by atoms with Crippen molar-refractivity contribution < 1.29 is 4.79 Å². The minimum atomic E-state index is -0.174. The van der Waals surface area contributed by atoms with Crippen LogP contribution in [-0.2, 0) is 0 Å². The van der Waals surface area contributed by atoms with Gasteiger partial charge in [0.25, 0.3) is 0 Å². The second-order valence-corrected chi connectivity index (χ2v) is 4.34. The molecule has 0 spiro atoms. The maximum atomic E-state index is 11.7. The van der Waals surface area contributed by atoms with Crippen LogP contribution >= 0.6 is 0 Å². The van der Waals surface area contributed by atoms with Gasteiger partial charge in [-0.25, -0.2) is 4.79 Å². The Morgan fingerprint density at radius 2 is 2.18 bits per heavy atom. The SMILES string of the molecule is O=C(Nc1n[nH]c2ccccc12)NC1CCC1. The molecule has 0 bridgehead atoms. The highest BCUT2D eigenvalue weighted by atomic mass is 16.2. The average molecular weight is 230 g/mol. The summed E-state index contributed by atoms with van der Waals surface area (Å²) < 4.78 is 0. The molecule has 1 aromatic heterocycles. The van der Waals surface area contributed by atoms with Crippen LogP contribution in [0.1, 0.15) is 19.3 Å². The summed E-state index contributed by atoms with van der Waals surface area (Å²) in [6, 6.07) is 7.87. The van der Waals surface area contributed by atoms with Crippen molar-refractivity contribution in [2.75, 3.05) is 5.32 Å². The van der Waals surface area contributed by atoms with E-state index in [9.17, 15) is 4.79 Å². The Kier molecular flexibility index (Phi) is 2.44. The van der Waals surface area contributed by atoms with E-state index in [-0.39, 0.29) is 6.03 Å². The van der Waals surface area contributed by atoms with Crippen LogP contribution in [0.15, 0.2) is 24.3 Å². The fraction of sp³-hybridized carbons (Fsp3) is 0.333. The van der Waals surface area contributed by atoms with E-state index in [1.165, 1.54) is 6.42 Å². The molecule has 1 saturated carbocycles. The van der Waals surface area contributed by atoms with Gasteiger partial charge in [-0.2, -0.15) is 5.10 Å². The van der Waals surface area contributed by atoms with Crippen LogP contribution in [0.5, 0.6) is 0 Å². The summed E-state index contributed by atoms with van der Waals surface area (Å²) in [5.74, 6) is 0.581. The molecule has 3 N–H and O–H groups in total. The zero-order valence-electron chi connectivity index (χ0n) is 9.36. The molecule has 17 heavy (non-hydrogen) atoms. The number of para-hydroxylation sites is 1. The molecular formula is C12H14N4O. The molecule has 1 aromatic carbocycles. The second kappa shape index (κ2) is 4.08. The van der Waals surface area contributed by atoms with Gasteiger partial charge in [0.15, 0.2) is 5.82 Å². The molecule has 0 atom stereocenters. The van der Waals surface area contributed by atoms with Crippen LogP contribution in [0.25, 0.3) is 10.9 Å². The van der Waals surface area contributed by atoms with Crippen LogP contribution < -0.4 is 10.6 Å². The quantitative estimate of drug-likeness (QED) is 0.740. The number of benzene rings is 1. The van der Waals surface area contributed by atoms with E-state index >= 15 is 0 Å². The van der Waals surface area contributed by atoms with E-state index in [1.807, 2.05) is 24.3 Å². The summed E-state index contributed by atoms with van der Waals surface area (Å²) in [6.45, 7) is 0. The highest BCUT2D eigenvalue weighted by Gasteiger charge is 2.19. The van der Waals surface area contributed by atoms with Crippen LogP contribution in [0, 0.1) is 0 Å². The Hall–Kier alpha value is -2.04. The Morgan fingerprint density at radius 1 is 1.35 bits per heavy atom. The normalized spacial score (nSPS) is 15.5. The van der Waals surface area contributed by atoms with Gasteiger partial charge in [0, 0.05) is 11.4 Å². The first kappa shape index (κ1) is 10.1. The maximum Gasteiger partial charge on any atom is 0.320 e. The summed E-state index contributed by atoms with van der Waals surface area (Å²) in [5, 5.41) is 13.6. The molecule has 2 aromatic rings. The van der Waals surface area contributed by atoms with Crippen molar-refractivity contribution in [2.45, 2.75) is 25.3 Å². The van der Waals surface area contributed by atoms with Crippen molar-refractivity contribution in [3.05, 3.63) is 24.3 Å². The number of anilines is 1. The maximum absolute atomic E-state index is 11.7. The van der Waals surface area contributed by atoms with Crippen molar-refractivity contribution in [1.29, 1.82) is 0 Å². The van der Waals surface area contributed by atoms with E-state index in [1.54, 1.807) is 0 Å². The number of fused-ring (bicyclic) bond motifs is 1. The molecule has 0 aliphatic heterocycles. The van der Waals surface area contributed by atoms with Crippen LogP contribution in [0.2, 0.25) is 0 Å². The van der Waals surface area contributed by atoms with E-state index in [2.05, 4.69) is 20.8 Å². The minimum Gasteiger partial charge on any atom is -0.335 e. The third-order valence-electron chi connectivity index (χ3n) is 3.14. The number of H-pyrrole nitrogens is 1. The number of rotatable bonds is 2. The Morgan fingerprint density at radius 3 is 2.94 bits per heavy atom. The lowest BCUT2D eigenvalue weighted by atomic mass is 9.93. The number of nitrogens with zero attached hydrogens (tertiary/aromatic N) is 1. The fourth-order valence-electron chi connectivity index (χ4n) is 1.94. The third kappa shape index (κ3) is 1.95. The zero-order valence-corrected chi connectivity index (χ0v) is 9.36. The Bertz CT molecular complexity index is 544. The van der Waals surface area contributed by atoms with Gasteiger partial charge < -0.3 is 5.32 Å². The molecule has 1 aliphatic rings. The number of hydrogen-bond donors (Lipinski definition) is 3. The second-order valence-electron chi connectivity index (χ2n) is 4.34. The minimum absolute atomic E-state index is 0.174. The standard InChI is InChI=1S/C12H14N4O/c17-12(13-8-4-3-5-8)14-11-9-6-1-2-7-10(9)15-16-11/h1-2,6-8H,3-5H2,(H3,13,14,15,16,17). The van der Waals surface area contributed by atoms with Gasteiger partial charge in [0.2, 0.25) is 0 Å². The summed E-state index contributed by atoms with van der Waals surface area (Å²) >= 11 is 0. The van der Waals surface area contributed by atoms with E-state index < -0.39 is 0 Å². The molecule has 88 valence electrons. The van der Waals surface area contributed by atoms with Crippen molar-refractivity contribution in [1.82, 2.24) is 15.5 Å². The smallest absolute Gasteiger partial charge is 0.320 e. The highest BCUT2D eigenvalue weighted by molar-refractivity contribution is 5.98. The zero-order chi connectivity index (χ0) is 11.7. The summed E-state index contributed by atoms with van der Waals surface area (Å²) in [5.41, 5.74) is 0.923. The molecule has 1 heterocycles. The summed E-state index contributed by atoms with van der Waals surface area (Å²) in [7, 11) is 0. The van der Waals surface area contributed by atoms with Gasteiger partial charge in [-0.1, -0.05) is 12.1 Å². The Balaban J connectivity index is 1.73. The van der Waals surface area contributed by atoms with E-state index in [0.29, 0.717) is 11.9 Å². The monoisotopic (exact) mass is 230 g/mol. The first-order chi connectivity index (χ1) is 8.33. The third-order valence-corrected chi connectivity index (χ3v) is 3.14. The number of aromatic amines is 1. The molecule has 5 heteroatoms. The van der Waals surface area contributed by atoms with Gasteiger partial charge in [0.05, 0.1) is 5.52 Å². The summed E-state index contributed by atoms with van der Waals surface area (Å²) in [6.07, 6.45) is 3.36.